The highest BCUT2D eigenvalue weighted by molar-refractivity contribution is 6.31. The molecule has 2 aromatic rings. The van der Waals surface area contributed by atoms with Crippen molar-refractivity contribution in [2.45, 2.75) is 39.3 Å². The number of likely N-dealkylation sites (N-methyl/N-ethyl adjacent to an activating group) is 1. The number of pyridine rings is 1. The third-order valence-electron chi connectivity index (χ3n) is 3.22. The van der Waals surface area contributed by atoms with E-state index in [-0.39, 0.29) is 6.04 Å². The molecule has 0 bridgehead atoms. The van der Waals surface area contributed by atoms with Gasteiger partial charge in [-0.1, -0.05) is 25.4 Å². The first-order valence-electron chi connectivity index (χ1n) is 7.10. The maximum Gasteiger partial charge on any atom is 0.110 e. The Morgan fingerprint density at radius 2 is 2.15 bits per heavy atom. The molecule has 0 aromatic carbocycles. The highest BCUT2D eigenvalue weighted by atomic mass is 35.5. The van der Waals surface area contributed by atoms with Gasteiger partial charge in [-0.2, -0.15) is 0 Å². The second kappa shape index (κ2) is 7.41. The summed E-state index contributed by atoms with van der Waals surface area (Å²) < 4.78 is 2.20. The van der Waals surface area contributed by atoms with Crippen molar-refractivity contribution in [3.8, 4) is 0 Å². The van der Waals surface area contributed by atoms with E-state index in [0.29, 0.717) is 5.02 Å². The lowest BCUT2D eigenvalue weighted by molar-refractivity contribution is 0.506. The smallest absolute Gasteiger partial charge is 0.110 e. The first-order chi connectivity index (χ1) is 9.76. The van der Waals surface area contributed by atoms with Gasteiger partial charge in [0.1, 0.15) is 5.82 Å². The van der Waals surface area contributed by atoms with Crippen LogP contribution in [0.2, 0.25) is 5.02 Å². The van der Waals surface area contributed by atoms with Crippen molar-refractivity contribution >= 4 is 11.6 Å². The summed E-state index contributed by atoms with van der Waals surface area (Å²) in [5.74, 6) is 1.07. The maximum atomic E-state index is 6.27. The van der Waals surface area contributed by atoms with Crippen LogP contribution >= 0.6 is 11.6 Å². The molecule has 5 heteroatoms. The van der Waals surface area contributed by atoms with Crippen LogP contribution in [0.25, 0.3) is 0 Å². The Balaban J connectivity index is 2.21. The van der Waals surface area contributed by atoms with E-state index in [4.69, 9.17) is 11.6 Å². The molecule has 2 rings (SSSR count). The van der Waals surface area contributed by atoms with Gasteiger partial charge in [0.15, 0.2) is 0 Å². The summed E-state index contributed by atoms with van der Waals surface area (Å²) in [5.41, 5.74) is 0.891. The fourth-order valence-electron chi connectivity index (χ4n) is 2.32. The SMILES string of the molecule is CCCn1ccnc1CC(NCC)c1ncccc1Cl. The maximum absolute atomic E-state index is 6.27. The fourth-order valence-corrected chi connectivity index (χ4v) is 2.58. The topological polar surface area (TPSA) is 42.7 Å². The first kappa shape index (κ1) is 15.0. The normalized spacial score (nSPS) is 12.6. The number of aryl methyl sites for hydroxylation is 1. The zero-order valence-electron chi connectivity index (χ0n) is 12.0. The van der Waals surface area contributed by atoms with Crippen LogP contribution in [0.1, 0.15) is 37.8 Å². The summed E-state index contributed by atoms with van der Waals surface area (Å²) in [6.45, 7) is 6.11. The predicted molar refractivity (Wildman–Crippen MR) is 81.9 cm³/mol. The van der Waals surface area contributed by atoms with E-state index in [0.717, 1.165) is 37.4 Å². The molecular weight excluding hydrogens is 272 g/mol. The molecule has 2 aromatic heterocycles. The monoisotopic (exact) mass is 292 g/mol. The molecule has 1 atom stereocenters. The molecule has 1 N–H and O–H groups in total. The fraction of sp³-hybridized carbons (Fsp3) is 0.467. The lowest BCUT2D eigenvalue weighted by Gasteiger charge is -2.18. The minimum absolute atomic E-state index is 0.0895. The third kappa shape index (κ3) is 3.58. The van der Waals surface area contributed by atoms with E-state index in [9.17, 15) is 0 Å². The van der Waals surface area contributed by atoms with E-state index in [1.807, 2.05) is 24.5 Å². The Morgan fingerprint density at radius 1 is 1.30 bits per heavy atom. The number of hydrogen-bond donors (Lipinski definition) is 1. The number of imidazole rings is 1. The van der Waals surface area contributed by atoms with Gasteiger partial charge in [0, 0.05) is 31.6 Å². The molecular formula is C15H21ClN4. The quantitative estimate of drug-likeness (QED) is 0.852. The first-order valence-corrected chi connectivity index (χ1v) is 7.47. The van der Waals surface area contributed by atoms with Crippen molar-refractivity contribution in [2.24, 2.45) is 0 Å². The van der Waals surface area contributed by atoms with E-state index in [1.165, 1.54) is 0 Å². The van der Waals surface area contributed by atoms with E-state index >= 15 is 0 Å². The average Bonchev–Trinajstić information content (AvgIpc) is 2.87. The van der Waals surface area contributed by atoms with Gasteiger partial charge < -0.3 is 9.88 Å². The van der Waals surface area contributed by atoms with Crippen molar-refractivity contribution in [3.63, 3.8) is 0 Å². The lowest BCUT2D eigenvalue weighted by Crippen LogP contribution is -2.25. The molecule has 0 fully saturated rings. The minimum Gasteiger partial charge on any atom is -0.335 e. The molecule has 0 spiro atoms. The Morgan fingerprint density at radius 3 is 2.85 bits per heavy atom. The van der Waals surface area contributed by atoms with Crippen LogP contribution in [-0.4, -0.2) is 21.1 Å². The molecule has 0 aliphatic carbocycles. The molecule has 0 radical (unpaired) electrons. The van der Waals surface area contributed by atoms with Crippen molar-refractivity contribution in [2.75, 3.05) is 6.54 Å². The van der Waals surface area contributed by atoms with Crippen molar-refractivity contribution in [1.82, 2.24) is 19.9 Å². The Kier molecular flexibility index (Phi) is 5.56. The Hall–Kier alpha value is -1.39. The summed E-state index contributed by atoms with van der Waals surface area (Å²) >= 11 is 6.27. The number of rotatable bonds is 7. The molecule has 0 amide bonds. The summed E-state index contributed by atoms with van der Waals surface area (Å²) in [6.07, 6.45) is 7.55. The average molecular weight is 293 g/mol. The van der Waals surface area contributed by atoms with Crippen LogP contribution < -0.4 is 5.32 Å². The Labute approximate surface area is 125 Å². The number of nitrogens with zero attached hydrogens (tertiary/aromatic N) is 3. The van der Waals surface area contributed by atoms with Gasteiger partial charge in [0.2, 0.25) is 0 Å². The number of aromatic nitrogens is 3. The second-order valence-corrected chi connectivity index (χ2v) is 5.13. The van der Waals surface area contributed by atoms with Gasteiger partial charge in [0.05, 0.1) is 16.8 Å². The summed E-state index contributed by atoms with van der Waals surface area (Å²) in [4.78, 5) is 8.89. The van der Waals surface area contributed by atoms with Crippen LogP contribution in [0.4, 0.5) is 0 Å². The van der Waals surface area contributed by atoms with Crippen LogP contribution in [0.5, 0.6) is 0 Å². The minimum atomic E-state index is 0.0895. The molecule has 1 unspecified atom stereocenters. The van der Waals surface area contributed by atoms with E-state index in [1.54, 1.807) is 6.20 Å². The molecule has 4 nitrogen and oxygen atoms in total. The van der Waals surface area contributed by atoms with Gasteiger partial charge in [-0.25, -0.2) is 4.98 Å². The molecule has 0 saturated carbocycles. The van der Waals surface area contributed by atoms with E-state index in [2.05, 4.69) is 33.7 Å². The van der Waals surface area contributed by atoms with Crippen LogP contribution in [0.15, 0.2) is 30.7 Å². The van der Waals surface area contributed by atoms with Gasteiger partial charge in [-0.3, -0.25) is 4.98 Å². The zero-order valence-corrected chi connectivity index (χ0v) is 12.8. The van der Waals surface area contributed by atoms with Gasteiger partial charge in [0.25, 0.3) is 0 Å². The number of hydrogen-bond acceptors (Lipinski definition) is 3. The third-order valence-corrected chi connectivity index (χ3v) is 3.54. The molecule has 0 aliphatic rings. The second-order valence-electron chi connectivity index (χ2n) is 4.72. The van der Waals surface area contributed by atoms with Gasteiger partial charge >= 0.3 is 0 Å². The predicted octanol–water partition coefficient (Wildman–Crippen LogP) is 3.23. The van der Waals surface area contributed by atoms with Crippen LogP contribution in [0, 0.1) is 0 Å². The molecule has 0 aliphatic heterocycles. The largest absolute Gasteiger partial charge is 0.335 e. The van der Waals surface area contributed by atoms with Gasteiger partial charge in [-0.05, 0) is 25.1 Å². The highest BCUT2D eigenvalue weighted by Crippen LogP contribution is 2.23. The van der Waals surface area contributed by atoms with Gasteiger partial charge in [-0.15, -0.1) is 0 Å². The molecule has 20 heavy (non-hydrogen) atoms. The standard InChI is InChI=1S/C15H21ClN4/c1-3-9-20-10-8-18-14(20)11-13(17-4-2)15-12(16)6-5-7-19-15/h5-8,10,13,17H,3-4,9,11H2,1-2H3. The summed E-state index contributed by atoms with van der Waals surface area (Å²) in [7, 11) is 0. The van der Waals surface area contributed by atoms with Crippen molar-refractivity contribution in [3.05, 3.63) is 47.3 Å². The summed E-state index contributed by atoms with van der Waals surface area (Å²) in [6, 6.07) is 3.83. The number of halogens is 1. The molecule has 2 heterocycles. The van der Waals surface area contributed by atoms with E-state index < -0.39 is 0 Å². The zero-order chi connectivity index (χ0) is 14.4. The van der Waals surface area contributed by atoms with Crippen molar-refractivity contribution < 1.29 is 0 Å². The van der Waals surface area contributed by atoms with Crippen LogP contribution in [-0.2, 0) is 13.0 Å². The Bertz CT molecular complexity index is 538. The van der Waals surface area contributed by atoms with Crippen molar-refractivity contribution in [1.29, 1.82) is 0 Å². The number of nitrogens with one attached hydrogen (secondary N) is 1. The molecule has 0 saturated heterocycles. The molecule has 108 valence electrons. The highest BCUT2D eigenvalue weighted by Gasteiger charge is 2.18. The van der Waals surface area contributed by atoms with Crippen LogP contribution in [0.3, 0.4) is 0 Å². The summed E-state index contributed by atoms with van der Waals surface area (Å²) in [5, 5.41) is 4.15. The lowest BCUT2D eigenvalue weighted by atomic mass is 10.1.